The van der Waals surface area contributed by atoms with Crippen molar-refractivity contribution in [1.82, 2.24) is 9.97 Å². The molecule has 0 aliphatic heterocycles. The minimum Gasteiger partial charge on any atom is -0.497 e. The van der Waals surface area contributed by atoms with Gasteiger partial charge >= 0.3 is 0 Å². The van der Waals surface area contributed by atoms with Crippen LogP contribution in [0.3, 0.4) is 0 Å². The molecule has 0 amide bonds. The predicted molar refractivity (Wildman–Crippen MR) is 84.2 cm³/mol. The van der Waals surface area contributed by atoms with Gasteiger partial charge in [-0.25, -0.2) is 9.97 Å². The maximum absolute atomic E-state index is 5.33. The fourth-order valence-electron chi connectivity index (χ4n) is 2.19. The van der Waals surface area contributed by atoms with E-state index in [1.807, 2.05) is 39.1 Å². The van der Waals surface area contributed by atoms with E-state index in [0.717, 1.165) is 46.4 Å². The molecule has 2 rings (SSSR count). The summed E-state index contributed by atoms with van der Waals surface area (Å²) in [5.74, 6) is 3.14. The minimum absolute atomic E-state index is 0.742. The fraction of sp³-hybridized carbons (Fsp3) is 0.375. The number of methoxy groups -OCH3 is 2. The Morgan fingerprint density at radius 1 is 1.05 bits per heavy atom. The van der Waals surface area contributed by atoms with Crippen LogP contribution in [-0.4, -0.2) is 31.2 Å². The van der Waals surface area contributed by atoms with Gasteiger partial charge in [0.2, 0.25) is 0 Å². The van der Waals surface area contributed by atoms with E-state index in [9.17, 15) is 0 Å². The second-order valence-corrected chi connectivity index (χ2v) is 4.67. The first-order chi connectivity index (χ1) is 10.1. The van der Waals surface area contributed by atoms with Gasteiger partial charge in [-0.1, -0.05) is 6.92 Å². The van der Waals surface area contributed by atoms with Crippen molar-refractivity contribution in [2.75, 3.05) is 26.6 Å². The molecule has 1 aromatic heterocycles. The minimum atomic E-state index is 0.742. The lowest BCUT2D eigenvalue weighted by atomic mass is 10.1. The molecular formula is C16H21N3O2. The highest BCUT2D eigenvalue weighted by molar-refractivity contribution is 5.70. The highest BCUT2D eigenvalue weighted by Crippen LogP contribution is 2.32. The van der Waals surface area contributed by atoms with Crippen LogP contribution in [0.5, 0.6) is 11.5 Å². The molecule has 1 heterocycles. The van der Waals surface area contributed by atoms with Crippen molar-refractivity contribution < 1.29 is 9.47 Å². The van der Waals surface area contributed by atoms with E-state index in [1.54, 1.807) is 14.2 Å². The smallest absolute Gasteiger partial charge is 0.132 e. The Hall–Kier alpha value is -2.30. The van der Waals surface area contributed by atoms with Crippen LogP contribution >= 0.6 is 0 Å². The highest BCUT2D eigenvalue weighted by atomic mass is 16.5. The zero-order chi connectivity index (χ0) is 15.4. The average Bonchev–Trinajstić information content (AvgIpc) is 2.54. The van der Waals surface area contributed by atoms with Gasteiger partial charge in [-0.15, -0.1) is 0 Å². The molecule has 2 aromatic rings. The van der Waals surface area contributed by atoms with E-state index in [1.165, 1.54) is 0 Å². The molecule has 0 saturated carbocycles. The number of anilines is 1. The molecule has 112 valence electrons. The van der Waals surface area contributed by atoms with E-state index in [2.05, 4.69) is 15.3 Å². The van der Waals surface area contributed by atoms with Crippen molar-refractivity contribution in [1.29, 1.82) is 0 Å². The monoisotopic (exact) mass is 287 g/mol. The standard InChI is InChI=1S/C16H21N3O2/c1-6-14-18-15(10(2)16(17-3)19-14)11-7-12(20-4)9-13(8-11)21-5/h7-9H,6H2,1-5H3,(H,17,18,19). The number of hydrogen-bond donors (Lipinski definition) is 1. The lowest BCUT2D eigenvalue weighted by molar-refractivity contribution is 0.394. The van der Waals surface area contributed by atoms with Gasteiger partial charge < -0.3 is 14.8 Å². The third-order valence-corrected chi connectivity index (χ3v) is 3.37. The Morgan fingerprint density at radius 2 is 1.67 bits per heavy atom. The van der Waals surface area contributed by atoms with Crippen molar-refractivity contribution in [2.45, 2.75) is 20.3 Å². The van der Waals surface area contributed by atoms with E-state index < -0.39 is 0 Å². The third-order valence-electron chi connectivity index (χ3n) is 3.37. The number of ether oxygens (including phenoxy) is 2. The van der Waals surface area contributed by atoms with Crippen molar-refractivity contribution in [3.8, 4) is 22.8 Å². The Kier molecular flexibility index (Phi) is 4.62. The first-order valence-corrected chi connectivity index (χ1v) is 6.91. The zero-order valence-corrected chi connectivity index (χ0v) is 13.2. The first-order valence-electron chi connectivity index (χ1n) is 6.91. The molecule has 0 saturated heterocycles. The lowest BCUT2D eigenvalue weighted by Crippen LogP contribution is -2.04. The molecule has 0 fully saturated rings. The second-order valence-electron chi connectivity index (χ2n) is 4.67. The molecule has 1 aromatic carbocycles. The van der Waals surface area contributed by atoms with Gasteiger partial charge in [0.1, 0.15) is 23.1 Å². The van der Waals surface area contributed by atoms with Crippen LogP contribution in [0.4, 0.5) is 5.82 Å². The maximum atomic E-state index is 5.33. The topological polar surface area (TPSA) is 56.3 Å². The first kappa shape index (κ1) is 15.1. The number of aromatic nitrogens is 2. The van der Waals surface area contributed by atoms with Gasteiger partial charge in [-0.2, -0.15) is 0 Å². The Morgan fingerprint density at radius 3 is 2.14 bits per heavy atom. The average molecular weight is 287 g/mol. The molecular weight excluding hydrogens is 266 g/mol. The third kappa shape index (κ3) is 3.07. The molecule has 0 spiro atoms. The number of rotatable bonds is 5. The molecule has 0 atom stereocenters. The Balaban J connectivity index is 2.65. The summed E-state index contributed by atoms with van der Waals surface area (Å²) in [5.41, 5.74) is 2.85. The van der Waals surface area contributed by atoms with Crippen molar-refractivity contribution in [3.05, 3.63) is 29.6 Å². The number of aryl methyl sites for hydroxylation is 1. The molecule has 0 bridgehead atoms. The van der Waals surface area contributed by atoms with Gasteiger partial charge in [0.25, 0.3) is 0 Å². The van der Waals surface area contributed by atoms with Crippen LogP contribution in [0.25, 0.3) is 11.3 Å². The van der Waals surface area contributed by atoms with Crippen molar-refractivity contribution >= 4 is 5.82 Å². The molecule has 0 aliphatic rings. The van der Waals surface area contributed by atoms with Crippen LogP contribution in [-0.2, 0) is 6.42 Å². The zero-order valence-electron chi connectivity index (χ0n) is 13.2. The van der Waals surface area contributed by atoms with E-state index in [4.69, 9.17) is 9.47 Å². The summed E-state index contributed by atoms with van der Waals surface area (Å²) in [4.78, 5) is 9.15. The quantitative estimate of drug-likeness (QED) is 0.916. The second kappa shape index (κ2) is 6.43. The fourth-order valence-corrected chi connectivity index (χ4v) is 2.19. The molecule has 5 heteroatoms. The summed E-state index contributed by atoms with van der Waals surface area (Å²) in [6, 6.07) is 5.76. The normalized spacial score (nSPS) is 10.3. The summed E-state index contributed by atoms with van der Waals surface area (Å²) < 4.78 is 10.7. The largest absolute Gasteiger partial charge is 0.497 e. The summed E-state index contributed by atoms with van der Waals surface area (Å²) in [6.07, 6.45) is 0.781. The van der Waals surface area contributed by atoms with E-state index in [0.29, 0.717) is 0 Å². The van der Waals surface area contributed by atoms with Crippen molar-refractivity contribution in [3.63, 3.8) is 0 Å². The summed E-state index contributed by atoms with van der Waals surface area (Å²) in [7, 11) is 5.15. The molecule has 0 aliphatic carbocycles. The van der Waals surface area contributed by atoms with E-state index >= 15 is 0 Å². The van der Waals surface area contributed by atoms with E-state index in [-0.39, 0.29) is 0 Å². The van der Waals surface area contributed by atoms with Gasteiger partial charge in [-0.3, -0.25) is 0 Å². The van der Waals surface area contributed by atoms with Crippen LogP contribution in [0, 0.1) is 6.92 Å². The molecule has 0 radical (unpaired) electrons. The van der Waals surface area contributed by atoms with Gasteiger partial charge in [0.15, 0.2) is 0 Å². The molecule has 21 heavy (non-hydrogen) atoms. The number of nitrogens with one attached hydrogen (secondary N) is 1. The summed E-state index contributed by atoms with van der Waals surface area (Å²) in [6.45, 7) is 4.05. The van der Waals surface area contributed by atoms with Crippen LogP contribution in [0.2, 0.25) is 0 Å². The van der Waals surface area contributed by atoms with Gasteiger partial charge in [-0.05, 0) is 19.1 Å². The van der Waals surface area contributed by atoms with Crippen LogP contribution < -0.4 is 14.8 Å². The van der Waals surface area contributed by atoms with Gasteiger partial charge in [0, 0.05) is 30.7 Å². The molecule has 0 unspecified atom stereocenters. The van der Waals surface area contributed by atoms with Crippen LogP contribution in [0.1, 0.15) is 18.3 Å². The summed E-state index contributed by atoms with van der Waals surface area (Å²) >= 11 is 0. The summed E-state index contributed by atoms with van der Waals surface area (Å²) in [5, 5.41) is 3.12. The van der Waals surface area contributed by atoms with Gasteiger partial charge in [0.05, 0.1) is 19.9 Å². The lowest BCUT2D eigenvalue weighted by Gasteiger charge is -2.13. The highest BCUT2D eigenvalue weighted by Gasteiger charge is 2.13. The van der Waals surface area contributed by atoms with Crippen molar-refractivity contribution in [2.24, 2.45) is 0 Å². The number of benzene rings is 1. The Bertz CT molecular complexity index is 619. The van der Waals surface area contributed by atoms with Crippen LogP contribution in [0.15, 0.2) is 18.2 Å². The SMILES string of the molecule is CCc1nc(NC)c(C)c(-c2cc(OC)cc(OC)c2)n1. The predicted octanol–water partition coefficient (Wildman–Crippen LogP) is 3.07. The number of nitrogens with zero attached hydrogens (tertiary/aromatic N) is 2. The maximum Gasteiger partial charge on any atom is 0.132 e. The molecule has 1 N–H and O–H groups in total. The number of hydrogen-bond acceptors (Lipinski definition) is 5. The molecule has 5 nitrogen and oxygen atoms in total. The Labute approximate surface area is 125 Å².